The molecule has 0 N–H and O–H groups in total. The van der Waals surface area contributed by atoms with Crippen molar-refractivity contribution in [2.24, 2.45) is 11.8 Å². The van der Waals surface area contributed by atoms with Gasteiger partial charge in [-0.2, -0.15) is 0 Å². The Morgan fingerprint density at radius 2 is 1.52 bits per heavy atom. The van der Waals surface area contributed by atoms with Crippen LogP contribution in [0.5, 0.6) is 0 Å². The first kappa shape index (κ1) is 23.8. The lowest BCUT2D eigenvalue weighted by Crippen LogP contribution is -2.48. The van der Waals surface area contributed by atoms with Crippen LogP contribution >= 0.6 is 0 Å². The summed E-state index contributed by atoms with van der Waals surface area (Å²) in [7, 11) is 3.14. The van der Waals surface area contributed by atoms with Crippen LogP contribution in [0.3, 0.4) is 0 Å². The van der Waals surface area contributed by atoms with Crippen molar-refractivity contribution in [3.05, 3.63) is 0 Å². The lowest BCUT2D eigenvalue weighted by atomic mass is 9.91. The van der Waals surface area contributed by atoms with E-state index in [4.69, 9.17) is 23.7 Å². The van der Waals surface area contributed by atoms with Gasteiger partial charge in [-0.15, -0.1) is 0 Å². The molecule has 0 spiro atoms. The Bertz CT molecular complexity index is 428. The number of esters is 1. The van der Waals surface area contributed by atoms with Gasteiger partial charge in [-0.05, 0) is 25.7 Å². The van der Waals surface area contributed by atoms with Crippen LogP contribution in [0.2, 0.25) is 0 Å². The number of amides is 1. The number of hydrogen-bond donors (Lipinski definition) is 0. The van der Waals surface area contributed by atoms with Crippen molar-refractivity contribution in [2.45, 2.75) is 52.1 Å². The second-order valence-corrected chi connectivity index (χ2v) is 6.96. The molecule has 0 saturated carbocycles. The predicted octanol–water partition coefficient (Wildman–Crippen LogP) is 1.81. The Morgan fingerprint density at radius 3 is 1.96 bits per heavy atom. The van der Waals surface area contributed by atoms with Crippen LogP contribution in [-0.2, 0) is 33.3 Å². The molecule has 1 saturated heterocycles. The number of carbonyl (C=O) groups excluding carboxylic acids is 2. The van der Waals surface area contributed by atoms with Crippen molar-refractivity contribution >= 4 is 11.9 Å². The number of rotatable bonds is 13. The molecule has 0 unspecified atom stereocenters. The summed E-state index contributed by atoms with van der Waals surface area (Å²) in [6.45, 7) is 7.11. The molecule has 1 rings (SSSR count). The van der Waals surface area contributed by atoms with Gasteiger partial charge in [-0.25, -0.2) is 0 Å². The highest BCUT2D eigenvalue weighted by molar-refractivity contribution is 5.80. The summed E-state index contributed by atoms with van der Waals surface area (Å²) in [5.74, 6) is -0.673. The van der Waals surface area contributed by atoms with Crippen LogP contribution in [0.4, 0.5) is 0 Å². The summed E-state index contributed by atoms with van der Waals surface area (Å²) in [4.78, 5) is 26.8. The Kier molecular flexibility index (Phi) is 11.5. The molecule has 8 heteroatoms. The molecule has 1 fully saturated rings. The Hall–Kier alpha value is -1.22. The molecule has 0 aliphatic carbocycles. The van der Waals surface area contributed by atoms with E-state index in [2.05, 4.69) is 0 Å². The van der Waals surface area contributed by atoms with Gasteiger partial charge >= 0.3 is 5.97 Å². The van der Waals surface area contributed by atoms with Crippen LogP contribution in [0.1, 0.15) is 40.0 Å². The number of hydrogen-bond acceptors (Lipinski definition) is 7. The van der Waals surface area contributed by atoms with Gasteiger partial charge in [0.1, 0.15) is 13.6 Å². The predicted molar refractivity (Wildman–Crippen MR) is 98.9 cm³/mol. The van der Waals surface area contributed by atoms with Crippen LogP contribution in [0, 0.1) is 11.8 Å². The first-order valence-corrected chi connectivity index (χ1v) is 9.57. The van der Waals surface area contributed by atoms with Crippen molar-refractivity contribution in [1.29, 1.82) is 0 Å². The van der Waals surface area contributed by atoms with Gasteiger partial charge in [0.15, 0.2) is 0 Å². The largest absolute Gasteiger partial charge is 0.466 e. The second-order valence-electron chi connectivity index (χ2n) is 6.96. The highest BCUT2D eigenvalue weighted by atomic mass is 16.7. The van der Waals surface area contributed by atoms with E-state index in [1.165, 1.54) is 0 Å². The standard InChI is InChI=1S/C19H35NO7/c1-6-27-18(21)9-14(2)15(3)19(22)20-16(10-25-12-23-4)7-8-17(20)11-26-13-24-5/h14-17H,6-13H2,1-5H3/t14-,15+,16+,17+/m1/s1. The number of ether oxygens (including phenoxy) is 5. The van der Waals surface area contributed by atoms with Crippen molar-refractivity contribution in [1.82, 2.24) is 4.90 Å². The summed E-state index contributed by atoms with van der Waals surface area (Å²) in [5.41, 5.74) is 0. The van der Waals surface area contributed by atoms with E-state index in [0.29, 0.717) is 19.8 Å². The van der Waals surface area contributed by atoms with E-state index in [-0.39, 0.29) is 55.8 Å². The van der Waals surface area contributed by atoms with E-state index in [0.717, 1.165) is 12.8 Å². The first-order chi connectivity index (χ1) is 13.0. The zero-order valence-electron chi connectivity index (χ0n) is 17.3. The van der Waals surface area contributed by atoms with E-state index < -0.39 is 0 Å². The molecule has 1 aliphatic rings. The fraction of sp³-hybridized carbons (Fsp3) is 0.895. The third-order valence-corrected chi connectivity index (χ3v) is 4.93. The van der Waals surface area contributed by atoms with Gasteiger partial charge in [0.2, 0.25) is 5.91 Å². The lowest BCUT2D eigenvalue weighted by Gasteiger charge is -2.34. The molecule has 1 aliphatic heterocycles. The molecule has 4 atom stereocenters. The van der Waals surface area contributed by atoms with E-state index >= 15 is 0 Å². The number of methoxy groups -OCH3 is 2. The smallest absolute Gasteiger partial charge is 0.306 e. The minimum atomic E-state index is -0.303. The minimum absolute atomic E-state index is 0.0151. The van der Waals surface area contributed by atoms with Gasteiger partial charge in [0.05, 0.1) is 31.9 Å². The fourth-order valence-corrected chi connectivity index (χ4v) is 3.32. The molecule has 27 heavy (non-hydrogen) atoms. The quantitative estimate of drug-likeness (QED) is 0.270. The molecule has 1 amide bonds. The lowest BCUT2D eigenvalue weighted by molar-refractivity contribution is -0.148. The average molecular weight is 389 g/mol. The van der Waals surface area contributed by atoms with Crippen LogP contribution in [0.25, 0.3) is 0 Å². The van der Waals surface area contributed by atoms with Crippen molar-refractivity contribution in [3.8, 4) is 0 Å². The summed E-state index contributed by atoms with van der Waals surface area (Å²) in [6, 6.07) is -0.0536. The van der Waals surface area contributed by atoms with Crippen LogP contribution < -0.4 is 0 Å². The van der Waals surface area contributed by atoms with Crippen molar-refractivity contribution in [3.63, 3.8) is 0 Å². The first-order valence-electron chi connectivity index (χ1n) is 9.57. The third kappa shape index (κ3) is 7.73. The van der Waals surface area contributed by atoms with Gasteiger partial charge in [0.25, 0.3) is 0 Å². The van der Waals surface area contributed by atoms with E-state index in [1.807, 2.05) is 18.7 Å². The fourth-order valence-electron chi connectivity index (χ4n) is 3.32. The SMILES string of the molecule is CCOC(=O)C[C@@H](C)[C@H](C)C(=O)N1[C@H](COCOC)CC[C@H]1COCOC. The van der Waals surface area contributed by atoms with Gasteiger partial charge in [-0.1, -0.05) is 13.8 Å². The Morgan fingerprint density at radius 1 is 1.00 bits per heavy atom. The van der Waals surface area contributed by atoms with Crippen molar-refractivity contribution in [2.75, 3.05) is 47.6 Å². The molecule has 8 nitrogen and oxygen atoms in total. The van der Waals surface area contributed by atoms with Gasteiger partial charge < -0.3 is 28.6 Å². The Balaban J connectivity index is 2.76. The molecule has 158 valence electrons. The summed E-state index contributed by atoms with van der Waals surface area (Å²) in [6.07, 6.45) is 1.91. The summed E-state index contributed by atoms with van der Waals surface area (Å²) < 4.78 is 25.9. The number of carbonyl (C=O) groups is 2. The van der Waals surface area contributed by atoms with E-state index in [1.54, 1.807) is 21.1 Å². The maximum Gasteiger partial charge on any atom is 0.306 e. The van der Waals surface area contributed by atoms with Gasteiger partial charge in [-0.3, -0.25) is 9.59 Å². The minimum Gasteiger partial charge on any atom is -0.466 e. The molecule has 0 radical (unpaired) electrons. The van der Waals surface area contributed by atoms with Crippen LogP contribution in [0.15, 0.2) is 0 Å². The topological polar surface area (TPSA) is 83.5 Å². The second kappa shape index (κ2) is 13.0. The van der Waals surface area contributed by atoms with E-state index in [9.17, 15) is 9.59 Å². The number of likely N-dealkylation sites (tertiary alicyclic amines) is 1. The monoisotopic (exact) mass is 389 g/mol. The average Bonchev–Trinajstić information content (AvgIpc) is 3.03. The molecule has 0 aromatic carbocycles. The highest BCUT2D eigenvalue weighted by Gasteiger charge is 2.40. The summed E-state index contributed by atoms with van der Waals surface area (Å²) >= 11 is 0. The molecule has 0 aromatic rings. The zero-order chi connectivity index (χ0) is 20.2. The molecular weight excluding hydrogens is 354 g/mol. The maximum atomic E-state index is 13.2. The van der Waals surface area contributed by atoms with Crippen LogP contribution in [-0.4, -0.2) is 76.5 Å². The van der Waals surface area contributed by atoms with Gasteiger partial charge in [0, 0.05) is 26.6 Å². The molecule has 1 heterocycles. The van der Waals surface area contributed by atoms with Crippen molar-refractivity contribution < 1.29 is 33.3 Å². The highest BCUT2D eigenvalue weighted by Crippen LogP contribution is 2.29. The molecule has 0 aromatic heterocycles. The maximum absolute atomic E-state index is 13.2. The third-order valence-electron chi connectivity index (χ3n) is 4.93. The normalized spacial score (nSPS) is 21.9. The number of nitrogens with zero attached hydrogens (tertiary/aromatic N) is 1. The zero-order valence-corrected chi connectivity index (χ0v) is 17.3. The summed E-state index contributed by atoms with van der Waals surface area (Å²) in [5, 5.41) is 0. The molecular formula is C19H35NO7. The molecule has 0 bridgehead atoms. The Labute approximate surface area is 162 Å².